The minimum absolute atomic E-state index is 0.0366. The molecule has 21 heavy (non-hydrogen) atoms. The van der Waals surface area contributed by atoms with Crippen molar-refractivity contribution in [1.82, 2.24) is 10.2 Å². The quantitative estimate of drug-likeness (QED) is 0.917. The van der Waals surface area contributed by atoms with E-state index >= 15 is 0 Å². The summed E-state index contributed by atoms with van der Waals surface area (Å²) in [6, 6.07) is 5.36. The average molecular weight is 290 g/mol. The van der Waals surface area contributed by atoms with Gasteiger partial charge in [0, 0.05) is 25.0 Å². The molecule has 2 aliphatic rings. The molecule has 0 radical (unpaired) electrons. The Kier molecular flexibility index (Phi) is 3.76. The number of hydrogen-bond acceptors (Lipinski definition) is 4. The molecular formula is C16H22N2O3. The molecule has 1 spiro atoms. The Balaban J connectivity index is 1.82. The number of hydrogen-bond donors (Lipinski definition) is 1. The summed E-state index contributed by atoms with van der Waals surface area (Å²) in [6.07, 6.45) is 2.24. The van der Waals surface area contributed by atoms with Crippen molar-refractivity contribution in [2.24, 2.45) is 5.41 Å². The number of carbonyl (C=O) groups is 1. The highest BCUT2D eigenvalue weighted by Crippen LogP contribution is 2.37. The third-order valence-corrected chi connectivity index (χ3v) is 4.69. The van der Waals surface area contributed by atoms with Crippen LogP contribution in [0.25, 0.3) is 0 Å². The minimum atomic E-state index is 0.0366. The van der Waals surface area contributed by atoms with E-state index < -0.39 is 0 Å². The van der Waals surface area contributed by atoms with Gasteiger partial charge in [-0.25, -0.2) is 0 Å². The number of benzene rings is 1. The molecule has 0 aliphatic carbocycles. The topological polar surface area (TPSA) is 50.8 Å². The fourth-order valence-electron chi connectivity index (χ4n) is 3.40. The minimum Gasteiger partial charge on any atom is -0.497 e. The smallest absolute Gasteiger partial charge is 0.257 e. The zero-order valence-corrected chi connectivity index (χ0v) is 12.6. The van der Waals surface area contributed by atoms with Crippen LogP contribution in [0.3, 0.4) is 0 Å². The van der Waals surface area contributed by atoms with Gasteiger partial charge in [0.15, 0.2) is 0 Å². The van der Waals surface area contributed by atoms with Crippen LogP contribution in [0.5, 0.6) is 11.5 Å². The fraction of sp³-hybridized carbons (Fsp3) is 0.562. The van der Waals surface area contributed by atoms with Gasteiger partial charge >= 0.3 is 0 Å². The molecular weight excluding hydrogens is 268 g/mol. The van der Waals surface area contributed by atoms with E-state index in [9.17, 15) is 4.79 Å². The molecule has 1 amide bonds. The van der Waals surface area contributed by atoms with E-state index in [1.165, 1.54) is 0 Å². The Morgan fingerprint density at radius 2 is 2.14 bits per heavy atom. The summed E-state index contributed by atoms with van der Waals surface area (Å²) < 4.78 is 10.6. The van der Waals surface area contributed by atoms with Crippen LogP contribution in [-0.4, -0.2) is 51.2 Å². The first-order valence-corrected chi connectivity index (χ1v) is 7.39. The van der Waals surface area contributed by atoms with Crippen molar-refractivity contribution in [3.8, 4) is 11.5 Å². The SMILES string of the molecule is COc1ccc(OC)c(C(=O)N2CCC3(CCNC3)C2)c1. The maximum absolute atomic E-state index is 12.8. The first-order valence-electron chi connectivity index (χ1n) is 7.39. The lowest BCUT2D eigenvalue weighted by atomic mass is 9.86. The molecule has 5 nitrogen and oxygen atoms in total. The number of rotatable bonds is 3. The predicted octanol–water partition coefficient (Wildman–Crippen LogP) is 1.53. The molecule has 2 heterocycles. The van der Waals surface area contributed by atoms with Crippen molar-refractivity contribution < 1.29 is 14.3 Å². The lowest BCUT2D eigenvalue weighted by molar-refractivity contribution is 0.0772. The van der Waals surface area contributed by atoms with Crippen LogP contribution in [-0.2, 0) is 0 Å². The van der Waals surface area contributed by atoms with Gasteiger partial charge in [-0.05, 0) is 37.6 Å². The lowest BCUT2D eigenvalue weighted by Gasteiger charge is -2.23. The molecule has 1 aromatic rings. The van der Waals surface area contributed by atoms with E-state index in [1.807, 2.05) is 11.0 Å². The molecule has 1 N–H and O–H groups in total. The van der Waals surface area contributed by atoms with Gasteiger partial charge in [-0.1, -0.05) is 0 Å². The second kappa shape index (κ2) is 5.56. The number of amides is 1. The first-order chi connectivity index (χ1) is 10.2. The third-order valence-electron chi connectivity index (χ3n) is 4.69. The molecule has 3 rings (SSSR count). The monoisotopic (exact) mass is 290 g/mol. The molecule has 1 atom stereocenters. The number of likely N-dealkylation sites (tertiary alicyclic amines) is 1. The van der Waals surface area contributed by atoms with E-state index in [1.54, 1.807) is 26.4 Å². The maximum Gasteiger partial charge on any atom is 0.257 e. The standard InChI is InChI=1S/C16H22N2O3/c1-20-12-3-4-14(21-2)13(9-12)15(19)18-8-6-16(11-18)5-7-17-10-16/h3-4,9,17H,5-8,10-11H2,1-2H3. The third kappa shape index (κ3) is 2.58. The van der Waals surface area contributed by atoms with Crippen molar-refractivity contribution >= 4 is 5.91 Å². The highest BCUT2D eigenvalue weighted by molar-refractivity contribution is 5.97. The second-order valence-electron chi connectivity index (χ2n) is 5.97. The Bertz CT molecular complexity index is 538. The maximum atomic E-state index is 12.8. The largest absolute Gasteiger partial charge is 0.497 e. The van der Waals surface area contributed by atoms with Gasteiger partial charge < -0.3 is 19.7 Å². The molecule has 0 saturated carbocycles. The number of nitrogens with one attached hydrogen (secondary N) is 1. The van der Waals surface area contributed by atoms with E-state index in [-0.39, 0.29) is 11.3 Å². The Hall–Kier alpha value is -1.75. The number of methoxy groups -OCH3 is 2. The van der Waals surface area contributed by atoms with Crippen LogP contribution >= 0.6 is 0 Å². The van der Waals surface area contributed by atoms with E-state index in [0.29, 0.717) is 17.1 Å². The normalized spacial score (nSPS) is 24.6. The Morgan fingerprint density at radius 1 is 1.29 bits per heavy atom. The number of carbonyl (C=O) groups excluding carboxylic acids is 1. The van der Waals surface area contributed by atoms with Crippen molar-refractivity contribution in [3.63, 3.8) is 0 Å². The Morgan fingerprint density at radius 3 is 2.81 bits per heavy atom. The van der Waals surface area contributed by atoms with Gasteiger partial charge in [-0.15, -0.1) is 0 Å². The summed E-state index contributed by atoms with van der Waals surface area (Å²) in [5.41, 5.74) is 0.863. The average Bonchev–Trinajstić information content (AvgIpc) is 3.16. The molecule has 2 fully saturated rings. The molecule has 114 valence electrons. The van der Waals surface area contributed by atoms with Crippen molar-refractivity contribution in [2.75, 3.05) is 40.4 Å². The number of ether oxygens (including phenoxy) is 2. The Labute approximate surface area is 125 Å². The van der Waals surface area contributed by atoms with Crippen LogP contribution in [0.1, 0.15) is 23.2 Å². The molecule has 2 aliphatic heterocycles. The first kappa shape index (κ1) is 14.2. The molecule has 5 heteroatoms. The van der Waals surface area contributed by atoms with E-state index in [2.05, 4.69) is 5.32 Å². The van der Waals surface area contributed by atoms with Crippen molar-refractivity contribution in [1.29, 1.82) is 0 Å². The zero-order chi connectivity index (χ0) is 14.9. The summed E-state index contributed by atoms with van der Waals surface area (Å²) >= 11 is 0. The van der Waals surface area contributed by atoms with E-state index in [0.717, 1.165) is 39.0 Å². The van der Waals surface area contributed by atoms with Gasteiger partial charge in [0.05, 0.1) is 19.8 Å². The summed E-state index contributed by atoms with van der Waals surface area (Å²) in [7, 11) is 3.19. The van der Waals surface area contributed by atoms with Crippen LogP contribution < -0.4 is 14.8 Å². The summed E-state index contributed by atoms with van der Waals surface area (Å²) in [4.78, 5) is 14.8. The van der Waals surface area contributed by atoms with Crippen molar-refractivity contribution in [2.45, 2.75) is 12.8 Å². The van der Waals surface area contributed by atoms with Crippen LogP contribution in [0.4, 0.5) is 0 Å². The van der Waals surface area contributed by atoms with Gasteiger partial charge in [0.1, 0.15) is 11.5 Å². The predicted molar refractivity (Wildman–Crippen MR) is 80.0 cm³/mol. The summed E-state index contributed by atoms with van der Waals surface area (Å²) in [6.45, 7) is 3.73. The van der Waals surface area contributed by atoms with Crippen LogP contribution in [0.15, 0.2) is 18.2 Å². The highest BCUT2D eigenvalue weighted by atomic mass is 16.5. The summed E-state index contributed by atoms with van der Waals surface area (Å²) in [5, 5.41) is 3.41. The van der Waals surface area contributed by atoms with Crippen LogP contribution in [0.2, 0.25) is 0 Å². The van der Waals surface area contributed by atoms with Crippen molar-refractivity contribution in [3.05, 3.63) is 23.8 Å². The van der Waals surface area contributed by atoms with E-state index in [4.69, 9.17) is 9.47 Å². The molecule has 1 aromatic carbocycles. The lowest BCUT2D eigenvalue weighted by Crippen LogP contribution is -2.33. The molecule has 0 bridgehead atoms. The number of nitrogens with zero attached hydrogens (tertiary/aromatic N) is 1. The second-order valence-corrected chi connectivity index (χ2v) is 5.97. The van der Waals surface area contributed by atoms with Gasteiger partial charge in [-0.2, -0.15) is 0 Å². The summed E-state index contributed by atoms with van der Waals surface area (Å²) in [5.74, 6) is 1.32. The van der Waals surface area contributed by atoms with Gasteiger partial charge in [-0.3, -0.25) is 4.79 Å². The molecule has 0 aromatic heterocycles. The van der Waals surface area contributed by atoms with Crippen LogP contribution in [0, 0.1) is 5.41 Å². The fourth-order valence-corrected chi connectivity index (χ4v) is 3.40. The highest BCUT2D eigenvalue weighted by Gasteiger charge is 2.42. The molecule has 2 saturated heterocycles. The van der Waals surface area contributed by atoms with Gasteiger partial charge in [0.25, 0.3) is 5.91 Å². The molecule has 1 unspecified atom stereocenters. The van der Waals surface area contributed by atoms with Gasteiger partial charge in [0.2, 0.25) is 0 Å². The zero-order valence-electron chi connectivity index (χ0n) is 12.6.